The van der Waals surface area contributed by atoms with Crippen LogP contribution in [0.15, 0.2) is 18.2 Å². The predicted molar refractivity (Wildman–Crippen MR) is 64.2 cm³/mol. The SMILES string of the molecule is Cc1ccc(F)cc1CN[C@H](C(=O)O)C(C)C. The minimum Gasteiger partial charge on any atom is -0.480 e. The fourth-order valence-electron chi connectivity index (χ4n) is 1.66. The highest BCUT2D eigenvalue weighted by atomic mass is 19.1. The third kappa shape index (κ3) is 3.82. The molecule has 0 unspecified atom stereocenters. The van der Waals surface area contributed by atoms with Gasteiger partial charge in [-0.1, -0.05) is 19.9 Å². The molecule has 0 aliphatic heterocycles. The number of carboxylic acid groups (broad SMARTS) is 1. The van der Waals surface area contributed by atoms with E-state index < -0.39 is 12.0 Å². The molecule has 3 nitrogen and oxygen atoms in total. The van der Waals surface area contributed by atoms with Gasteiger partial charge in [0, 0.05) is 6.54 Å². The van der Waals surface area contributed by atoms with Crippen molar-refractivity contribution in [3.8, 4) is 0 Å². The van der Waals surface area contributed by atoms with Crippen LogP contribution < -0.4 is 5.32 Å². The van der Waals surface area contributed by atoms with E-state index in [4.69, 9.17) is 5.11 Å². The van der Waals surface area contributed by atoms with E-state index in [0.29, 0.717) is 6.54 Å². The lowest BCUT2D eigenvalue weighted by atomic mass is 10.0. The number of carboxylic acids is 1. The van der Waals surface area contributed by atoms with Crippen molar-refractivity contribution < 1.29 is 14.3 Å². The Balaban J connectivity index is 2.72. The Hall–Kier alpha value is -1.42. The number of nitrogens with one attached hydrogen (secondary N) is 1. The van der Waals surface area contributed by atoms with Crippen molar-refractivity contribution >= 4 is 5.97 Å². The van der Waals surface area contributed by atoms with E-state index in [2.05, 4.69) is 5.32 Å². The second-order valence-electron chi connectivity index (χ2n) is 4.51. The number of benzene rings is 1. The van der Waals surface area contributed by atoms with Crippen molar-refractivity contribution in [3.63, 3.8) is 0 Å². The molecule has 1 aromatic carbocycles. The molecule has 4 heteroatoms. The molecule has 94 valence electrons. The van der Waals surface area contributed by atoms with Gasteiger partial charge in [0.25, 0.3) is 0 Å². The summed E-state index contributed by atoms with van der Waals surface area (Å²) in [5.74, 6) is -1.20. The van der Waals surface area contributed by atoms with Gasteiger partial charge in [0.1, 0.15) is 11.9 Å². The lowest BCUT2D eigenvalue weighted by Gasteiger charge is -2.18. The molecule has 1 aromatic rings. The van der Waals surface area contributed by atoms with Crippen LogP contribution in [0.2, 0.25) is 0 Å². The van der Waals surface area contributed by atoms with Crippen molar-refractivity contribution in [1.29, 1.82) is 0 Å². The van der Waals surface area contributed by atoms with Crippen LogP contribution in [-0.4, -0.2) is 17.1 Å². The molecule has 1 rings (SSSR count). The van der Waals surface area contributed by atoms with Gasteiger partial charge < -0.3 is 10.4 Å². The summed E-state index contributed by atoms with van der Waals surface area (Å²) >= 11 is 0. The highest BCUT2D eigenvalue weighted by Crippen LogP contribution is 2.11. The Bertz CT molecular complexity index is 404. The summed E-state index contributed by atoms with van der Waals surface area (Å²) in [6.07, 6.45) is 0. The third-order valence-electron chi connectivity index (χ3n) is 2.76. The number of hydrogen-bond donors (Lipinski definition) is 2. The van der Waals surface area contributed by atoms with Crippen molar-refractivity contribution in [3.05, 3.63) is 35.1 Å². The Kier molecular flexibility index (Phi) is 4.63. The lowest BCUT2D eigenvalue weighted by Crippen LogP contribution is -2.40. The number of aryl methyl sites for hydroxylation is 1. The zero-order valence-corrected chi connectivity index (χ0v) is 10.3. The summed E-state index contributed by atoms with van der Waals surface area (Å²) in [6, 6.07) is 3.91. The average Bonchev–Trinajstić information content (AvgIpc) is 2.22. The molecule has 0 amide bonds. The van der Waals surface area contributed by atoms with Crippen molar-refractivity contribution in [2.24, 2.45) is 5.92 Å². The van der Waals surface area contributed by atoms with Gasteiger partial charge in [-0.15, -0.1) is 0 Å². The fourth-order valence-corrected chi connectivity index (χ4v) is 1.66. The number of halogens is 1. The van der Waals surface area contributed by atoms with Crippen LogP contribution in [0.25, 0.3) is 0 Å². The van der Waals surface area contributed by atoms with E-state index >= 15 is 0 Å². The van der Waals surface area contributed by atoms with Crippen LogP contribution in [0.4, 0.5) is 4.39 Å². The van der Waals surface area contributed by atoms with Crippen LogP contribution in [0, 0.1) is 18.7 Å². The highest BCUT2D eigenvalue weighted by Gasteiger charge is 2.20. The van der Waals surface area contributed by atoms with Gasteiger partial charge in [0.05, 0.1) is 0 Å². The second-order valence-corrected chi connectivity index (χ2v) is 4.51. The first-order valence-electron chi connectivity index (χ1n) is 5.63. The molecule has 1 atom stereocenters. The maximum atomic E-state index is 13.0. The molecule has 0 fully saturated rings. The van der Waals surface area contributed by atoms with E-state index in [0.717, 1.165) is 11.1 Å². The lowest BCUT2D eigenvalue weighted by molar-refractivity contribution is -0.140. The second kappa shape index (κ2) is 5.77. The molecular weight excluding hydrogens is 221 g/mol. The summed E-state index contributed by atoms with van der Waals surface area (Å²) in [6.45, 7) is 5.91. The summed E-state index contributed by atoms with van der Waals surface area (Å²) in [4.78, 5) is 11.0. The molecule has 0 saturated carbocycles. The number of aliphatic carboxylic acids is 1. The van der Waals surface area contributed by atoms with Crippen LogP contribution in [0.5, 0.6) is 0 Å². The normalized spacial score (nSPS) is 12.8. The summed E-state index contributed by atoms with van der Waals surface area (Å²) < 4.78 is 13.0. The Morgan fingerprint density at radius 3 is 2.65 bits per heavy atom. The highest BCUT2D eigenvalue weighted by molar-refractivity contribution is 5.73. The topological polar surface area (TPSA) is 49.3 Å². The van der Waals surface area contributed by atoms with Crippen molar-refractivity contribution in [1.82, 2.24) is 5.32 Å². The van der Waals surface area contributed by atoms with Gasteiger partial charge >= 0.3 is 5.97 Å². The van der Waals surface area contributed by atoms with E-state index in [-0.39, 0.29) is 11.7 Å². The third-order valence-corrected chi connectivity index (χ3v) is 2.76. The van der Waals surface area contributed by atoms with Crippen LogP contribution in [-0.2, 0) is 11.3 Å². The molecule has 0 spiro atoms. The average molecular weight is 239 g/mol. The summed E-state index contributed by atoms with van der Waals surface area (Å²) in [7, 11) is 0. The van der Waals surface area contributed by atoms with Gasteiger partial charge in [-0.25, -0.2) is 4.39 Å². The molecular formula is C13H18FNO2. The first kappa shape index (κ1) is 13.6. The molecule has 0 saturated heterocycles. The van der Waals surface area contributed by atoms with Crippen molar-refractivity contribution in [2.45, 2.75) is 33.4 Å². The van der Waals surface area contributed by atoms with Gasteiger partial charge in [-0.2, -0.15) is 0 Å². The fraction of sp³-hybridized carbons (Fsp3) is 0.462. The standard InChI is InChI=1S/C13H18FNO2/c1-8(2)12(13(16)17)15-7-10-6-11(14)5-4-9(10)3/h4-6,8,12,15H,7H2,1-3H3,(H,16,17)/t12-/m0/s1. The van der Waals surface area contributed by atoms with E-state index in [1.54, 1.807) is 6.07 Å². The molecule has 0 radical (unpaired) electrons. The molecule has 17 heavy (non-hydrogen) atoms. The van der Waals surface area contributed by atoms with E-state index in [1.165, 1.54) is 12.1 Å². The minimum absolute atomic E-state index is 0.0126. The Morgan fingerprint density at radius 2 is 2.12 bits per heavy atom. The smallest absolute Gasteiger partial charge is 0.320 e. The summed E-state index contributed by atoms with van der Waals surface area (Å²) in [5.41, 5.74) is 1.74. The van der Waals surface area contributed by atoms with Gasteiger partial charge in [0.15, 0.2) is 0 Å². The molecule has 2 N–H and O–H groups in total. The van der Waals surface area contributed by atoms with E-state index in [1.807, 2.05) is 20.8 Å². The number of hydrogen-bond acceptors (Lipinski definition) is 2. The first-order chi connectivity index (χ1) is 7.91. The van der Waals surface area contributed by atoms with Gasteiger partial charge in [0.2, 0.25) is 0 Å². The molecule has 0 aliphatic rings. The van der Waals surface area contributed by atoms with Gasteiger partial charge in [-0.3, -0.25) is 4.79 Å². The quantitative estimate of drug-likeness (QED) is 0.829. The van der Waals surface area contributed by atoms with Crippen LogP contribution in [0.3, 0.4) is 0 Å². The Labute approximate surface area is 101 Å². The van der Waals surface area contributed by atoms with Gasteiger partial charge in [-0.05, 0) is 36.1 Å². The van der Waals surface area contributed by atoms with Crippen LogP contribution in [0.1, 0.15) is 25.0 Å². The number of rotatable bonds is 5. The largest absolute Gasteiger partial charge is 0.480 e. The monoisotopic (exact) mass is 239 g/mol. The molecule has 0 aromatic heterocycles. The maximum Gasteiger partial charge on any atom is 0.320 e. The maximum absolute atomic E-state index is 13.0. The first-order valence-corrected chi connectivity index (χ1v) is 5.63. The predicted octanol–water partition coefficient (Wildman–Crippen LogP) is 2.33. The molecule has 0 aliphatic carbocycles. The zero-order chi connectivity index (χ0) is 13.0. The molecule has 0 bridgehead atoms. The number of carbonyl (C=O) groups is 1. The molecule has 0 heterocycles. The minimum atomic E-state index is -0.881. The van der Waals surface area contributed by atoms with Crippen molar-refractivity contribution in [2.75, 3.05) is 0 Å². The van der Waals surface area contributed by atoms with Crippen LogP contribution >= 0.6 is 0 Å². The Morgan fingerprint density at radius 1 is 1.47 bits per heavy atom. The summed E-state index contributed by atoms with van der Waals surface area (Å²) in [5, 5.41) is 11.9. The zero-order valence-electron chi connectivity index (χ0n) is 10.3. The van der Waals surface area contributed by atoms with E-state index in [9.17, 15) is 9.18 Å².